The molecular weight excluding hydrogens is 511 g/mol. The number of anilines is 1. The molecule has 0 bridgehead atoms. The van der Waals surface area contributed by atoms with E-state index < -0.39 is 48.8 Å². The topological polar surface area (TPSA) is 88.1 Å². The lowest BCUT2D eigenvalue weighted by Crippen LogP contribution is -2.51. The third-order valence-electron chi connectivity index (χ3n) is 7.11. The monoisotopic (exact) mass is 543 g/mol. The number of amides is 2. The average Bonchev–Trinajstić information content (AvgIpc) is 2.99. The Kier molecular flexibility index (Phi) is 8.42. The summed E-state index contributed by atoms with van der Waals surface area (Å²) in [6, 6.07) is 12.9. The molecule has 2 aromatic carbocycles. The van der Waals surface area contributed by atoms with Gasteiger partial charge in [-0.3, -0.25) is 14.4 Å². The van der Waals surface area contributed by atoms with E-state index in [1.54, 1.807) is 19.1 Å². The molecule has 0 radical (unpaired) electrons. The van der Waals surface area contributed by atoms with Gasteiger partial charge in [0.15, 0.2) is 0 Å². The second-order valence-electron chi connectivity index (χ2n) is 10.0. The van der Waals surface area contributed by atoms with Crippen molar-refractivity contribution in [3.8, 4) is 5.75 Å². The largest absolute Gasteiger partial charge is 0.490 e. The van der Waals surface area contributed by atoms with Gasteiger partial charge in [0.05, 0.1) is 17.9 Å². The summed E-state index contributed by atoms with van der Waals surface area (Å²) in [7, 11) is 0. The van der Waals surface area contributed by atoms with Gasteiger partial charge in [-0.15, -0.1) is 0 Å². The molecule has 4 rings (SSSR count). The van der Waals surface area contributed by atoms with Crippen molar-refractivity contribution in [3.63, 3.8) is 0 Å². The number of carbonyl (C=O) groups excluding carboxylic acids is 3. The predicted octanol–water partition coefficient (Wildman–Crippen LogP) is 4.98. The Balaban J connectivity index is 1.76. The zero-order valence-corrected chi connectivity index (χ0v) is 22.2. The molecule has 39 heavy (non-hydrogen) atoms. The number of aliphatic imine (C=N–C) groups is 1. The number of ketones is 1. The highest BCUT2D eigenvalue weighted by Gasteiger charge is 2.40. The van der Waals surface area contributed by atoms with Gasteiger partial charge in [0, 0.05) is 29.4 Å². The van der Waals surface area contributed by atoms with Gasteiger partial charge in [-0.05, 0) is 38.8 Å². The number of rotatable bonds is 9. The molecule has 10 heteroatoms. The van der Waals surface area contributed by atoms with Crippen LogP contribution in [0.1, 0.15) is 56.2 Å². The first-order valence-corrected chi connectivity index (χ1v) is 13.1. The molecule has 3 atom stereocenters. The van der Waals surface area contributed by atoms with Gasteiger partial charge in [-0.25, -0.2) is 4.99 Å². The summed E-state index contributed by atoms with van der Waals surface area (Å²) in [5.41, 5.74) is 3.30. The lowest BCUT2D eigenvalue weighted by Gasteiger charge is -2.31. The standard InChI is InChI=1S/C29H32F3N3O4/c1-4-7-20(18(3)36)21(12-13-29(30,31)32)27(37)34-26-28(38)35-14-15-39-23-11-6-10-22(25(23)35)24(33-26)19-9-5-8-17(2)16-19/h5-6,8-11,16,20-21,26H,4,7,12-15H2,1-3H3,(H,34,37)/t20-,21-,26-/m1/s1. The molecule has 0 aliphatic carbocycles. The highest BCUT2D eigenvalue weighted by molar-refractivity contribution is 6.21. The number of benzene rings is 2. The number of carbonyl (C=O) groups is 3. The molecule has 2 aromatic rings. The van der Waals surface area contributed by atoms with Gasteiger partial charge in [-0.2, -0.15) is 13.2 Å². The van der Waals surface area contributed by atoms with Crippen molar-refractivity contribution in [1.82, 2.24) is 5.32 Å². The Morgan fingerprint density at radius 3 is 2.56 bits per heavy atom. The Morgan fingerprint density at radius 1 is 1.15 bits per heavy atom. The van der Waals surface area contributed by atoms with E-state index in [0.29, 0.717) is 34.7 Å². The lowest BCUT2D eigenvalue weighted by atomic mass is 9.82. The third-order valence-corrected chi connectivity index (χ3v) is 7.11. The summed E-state index contributed by atoms with van der Waals surface area (Å²) < 4.78 is 45.3. The summed E-state index contributed by atoms with van der Waals surface area (Å²) >= 11 is 0. The fourth-order valence-electron chi connectivity index (χ4n) is 5.28. The second-order valence-corrected chi connectivity index (χ2v) is 10.0. The molecule has 0 saturated heterocycles. The lowest BCUT2D eigenvalue weighted by molar-refractivity contribution is -0.146. The molecule has 2 amide bonds. The quantitative estimate of drug-likeness (QED) is 0.484. The first kappa shape index (κ1) is 28.3. The van der Waals surface area contributed by atoms with Gasteiger partial charge in [0.25, 0.3) is 5.91 Å². The summed E-state index contributed by atoms with van der Waals surface area (Å²) in [5.74, 6) is -3.32. The number of hydrogen-bond donors (Lipinski definition) is 1. The predicted molar refractivity (Wildman–Crippen MR) is 141 cm³/mol. The van der Waals surface area contributed by atoms with E-state index in [4.69, 9.17) is 4.74 Å². The van der Waals surface area contributed by atoms with Crippen molar-refractivity contribution in [3.05, 3.63) is 59.2 Å². The van der Waals surface area contributed by atoms with Crippen LogP contribution in [0.5, 0.6) is 5.75 Å². The summed E-state index contributed by atoms with van der Waals surface area (Å²) in [5, 5.41) is 2.62. The van der Waals surface area contributed by atoms with Crippen molar-refractivity contribution in [2.24, 2.45) is 16.8 Å². The van der Waals surface area contributed by atoms with Crippen LogP contribution in [0.2, 0.25) is 0 Å². The van der Waals surface area contributed by atoms with Crippen LogP contribution in [0.25, 0.3) is 0 Å². The van der Waals surface area contributed by atoms with Crippen LogP contribution in [0, 0.1) is 18.8 Å². The van der Waals surface area contributed by atoms with Crippen molar-refractivity contribution in [2.45, 2.75) is 58.8 Å². The summed E-state index contributed by atoms with van der Waals surface area (Å²) in [4.78, 5) is 45.9. The Labute approximate surface area is 225 Å². The fourth-order valence-corrected chi connectivity index (χ4v) is 5.28. The van der Waals surface area contributed by atoms with Gasteiger partial charge < -0.3 is 15.0 Å². The number of alkyl halides is 3. The van der Waals surface area contributed by atoms with Crippen LogP contribution < -0.4 is 15.0 Å². The zero-order chi connectivity index (χ0) is 28.3. The van der Waals surface area contributed by atoms with Crippen LogP contribution in [-0.2, 0) is 14.4 Å². The smallest absolute Gasteiger partial charge is 0.389 e. The van der Waals surface area contributed by atoms with Crippen molar-refractivity contribution in [1.29, 1.82) is 0 Å². The summed E-state index contributed by atoms with van der Waals surface area (Å²) in [6.07, 6.45) is -6.88. The molecule has 0 spiro atoms. The number of aryl methyl sites for hydroxylation is 1. The molecular formula is C29H32F3N3O4. The van der Waals surface area contributed by atoms with Crippen molar-refractivity contribution < 1.29 is 32.3 Å². The minimum atomic E-state index is -4.49. The first-order valence-electron chi connectivity index (χ1n) is 13.1. The normalized spacial score (nSPS) is 18.3. The van der Waals surface area contributed by atoms with E-state index in [9.17, 15) is 27.6 Å². The van der Waals surface area contributed by atoms with Gasteiger partial charge in [0.2, 0.25) is 12.1 Å². The van der Waals surface area contributed by atoms with E-state index in [2.05, 4.69) is 10.3 Å². The number of halogens is 3. The maximum absolute atomic E-state index is 13.8. The number of hydrogen-bond acceptors (Lipinski definition) is 5. The highest BCUT2D eigenvalue weighted by Crippen LogP contribution is 2.39. The third kappa shape index (κ3) is 6.32. The van der Waals surface area contributed by atoms with E-state index in [0.717, 1.165) is 5.56 Å². The average molecular weight is 544 g/mol. The van der Waals surface area contributed by atoms with Crippen LogP contribution in [0.3, 0.4) is 0 Å². The van der Waals surface area contributed by atoms with Crippen LogP contribution in [0.4, 0.5) is 18.9 Å². The molecule has 0 fully saturated rings. The maximum atomic E-state index is 13.8. The molecule has 2 aliphatic heterocycles. The number of nitrogens with one attached hydrogen (secondary N) is 1. The molecule has 0 aromatic heterocycles. The van der Waals surface area contributed by atoms with E-state index in [1.807, 2.05) is 37.3 Å². The molecule has 0 unspecified atom stereocenters. The van der Waals surface area contributed by atoms with E-state index >= 15 is 0 Å². The SMILES string of the molecule is CCC[C@H](C(C)=O)[C@@H](CCC(F)(F)F)C(=O)N[C@H]1N=C(c2cccc(C)c2)c2cccc3c2N(CCO3)C1=O. The van der Waals surface area contributed by atoms with Crippen LogP contribution in [-0.4, -0.2) is 48.8 Å². The number of ether oxygens (including phenoxy) is 1. The van der Waals surface area contributed by atoms with Crippen LogP contribution in [0.15, 0.2) is 47.5 Å². The summed E-state index contributed by atoms with van der Waals surface area (Å²) in [6.45, 7) is 5.46. The molecule has 7 nitrogen and oxygen atoms in total. The minimum absolute atomic E-state index is 0.218. The van der Waals surface area contributed by atoms with Crippen molar-refractivity contribution in [2.75, 3.05) is 18.1 Å². The maximum Gasteiger partial charge on any atom is 0.389 e. The highest BCUT2D eigenvalue weighted by atomic mass is 19.4. The fraction of sp³-hybridized carbons (Fsp3) is 0.448. The number of para-hydroxylation sites is 1. The molecule has 1 N–H and O–H groups in total. The first-order chi connectivity index (χ1) is 18.5. The molecule has 2 aliphatic rings. The van der Waals surface area contributed by atoms with Gasteiger partial charge in [0.1, 0.15) is 18.1 Å². The Hall–Kier alpha value is -3.69. The molecule has 0 saturated carbocycles. The van der Waals surface area contributed by atoms with E-state index in [-0.39, 0.29) is 25.4 Å². The Bertz CT molecular complexity index is 1290. The van der Waals surface area contributed by atoms with Crippen LogP contribution >= 0.6 is 0 Å². The second kappa shape index (κ2) is 11.6. The van der Waals surface area contributed by atoms with Gasteiger partial charge in [-0.1, -0.05) is 49.2 Å². The number of nitrogens with zero attached hydrogens (tertiary/aromatic N) is 2. The van der Waals surface area contributed by atoms with Crippen molar-refractivity contribution >= 4 is 29.0 Å². The zero-order valence-electron chi connectivity index (χ0n) is 22.2. The van der Waals surface area contributed by atoms with E-state index in [1.165, 1.54) is 11.8 Å². The molecule has 2 heterocycles. The number of Topliss-reactive ketones (excluding diaryl/α,β-unsaturated/α-hetero) is 1. The minimum Gasteiger partial charge on any atom is -0.490 e. The molecule has 208 valence electrons. The van der Waals surface area contributed by atoms with Gasteiger partial charge >= 0.3 is 6.18 Å². The Morgan fingerprint density at radius 2 is 1.90 bits per heavy atom.